The molecule has 1 fully saturated rings. The van der Waals surface area contributed by atoms with Crippen molar-refractivity contribution in [2.75, 3.05) is 5.32 Å². The summed E-state index contributed by atoms with van der Waals surface area (Å²) < 4.78 is 2.00. The van der Waals surface area contributed by atoms with Gasteiger partial charge in [0.25, 0.3) is 5.56 Å². The van der Waals surface area contributed by atoms with Crippen LogP contribution in [0.1, 0.15) is 19.8 Å². The Morgan fingerprint density at radius 2 is 2.47 bits per heavy atom. The maximum Gasteiger partial charge on any atom is 0.283 e. The second kappa shape index (κ2) is 4.92. The van der Waals surface area contributed by atoms with Crippen molar-refractivity contribution in [3.05, 3.63) is 21.0 Å². The zero-order valence-corrected chi connectivity index (χ0v) is 11.2. The molecule has 1 saturated carbocycles. The van der Waals surface area contributed by atoms with Crippen LogP contribution in [0.15, 0.2) is 15.5 Å². The highest BCUT2D eigenvalue weighted by Crippen LogP contribution is 2.30. The van der Waals surface area contributed by atoms with Gasteiger partial charge in [0.15, 0.2) is 0 Å². The van der Waals surface area contributed by atoms with E-state index in [1.165, 1.54) is 17.5 Å². The van der Waals surface area contributed by atoms with E-state index in [-0.39, 0.29) is 11.6 Å². The van der Waals surface area contributed by atoms with Crippen LogP contribution in [-0.2, 0) is 6.54 Å². The van der Waals surface area contributed by atoms with Crippen molar-refractivity contribution in [2.24, 2.45) is 5.92 Å². The van der Waals surface area contributed by atoms with Gasteiger partial charge in [-0.05, 0) is 41.6 Å². The SMILES string of the molecule is C#CC(C)Nc1cnn(CC2CC2)c(=O)c1Br. The van der Waals surface area contributed by atoms with Gasteiger partial charge >= 0.3 is 0 Å². The maximum atomic E-state index is 12.0. The maximum absolute atomic E-state index is 12.0. The molecule has 2 rings (SSSR count). The molecule has 90 valence electrons. The quantitative estimate of drug-likeness (QED) is 0.863. The van der Waals surface area contributed by atoms with Crippen LogP contribution in [0.4, 0.5) is 5.69 Å². The third kappa shape index (κ3) is 2.89. The summed E-state index contributed by atoms with van der Waals surface area (Å²) in [7, 11) is 0. The van der Waals surface area contributed by atoms with Crippen molar-refractivity contribution in [1.29, 1.82) is 0 Å². The standard InChI is InChI=1S/C12H14BrN3O/c1-3-8(2)15-10-6-14-16(7-9-4-5-9)12(17)11(10)13/h1,6,8-9,15H,4-5,7H2,2H3. The van der Waals surface area contributed by atoms with Crippen LogP contribution in [0.2, 0.25) is 0 Å². The zero-order valence-electron chi connectivity index (χ0n) is 9.61. The van der Waals surface area contributed by atoms with E-state index in [1.54, 1.807) is 6.20 Å². The normalized spacial score (nSPS) is 16.3. The monoisotopic (exact) mass is 295 g/mol. The highest BCUT2D eigenvalue weighted by molar-refractivity contribution is 9.10. The van der Waals surface area contributed by atoms with Crippen LogP contribution >= 0.6 is 15.9 Å². The van der Waals surface area contributed by atoms with Crippen molar-refractivity contribution < 1.29 is 0 Å². The number of rotatable bonds is 4. The molecule has 4 nitrogen and oxygen atoms in total. The lowest BCUT2D eigenvalue weighted by Gasteiger charge is -2.12. The minimum Gasteiger partial charge on any atom is -0.369 e. The molecule has 1 unspecified atom stereocenters. The zero-order chi connectivity index (χ0) is 12.4. The van der Waals surface area contributed by atoms with E-state index in [9.17, 15) is 4.79 Å². The fourth-order valence-corrected chi connectivity index (χ4v) is 1.94. The lowest BCUT2D eigenvalue weighted by molar-refractivity contribution is 0.531. The van der Waals surface area contributed by atoms with E-state index in [0.717, 1.165) is 0 Å². The van der Waals surface area contributed by atoms with Crippen LogP contribution in [0.25, 0.3) is 0 Å². The molecule has 0 spiro atoms. The van der Waals surface area contributed by atoms with Crippen LogP contribution < -0.4 is 10.9 Å². The van der Waals surface area contributed by atoms with Crippen molar-refractivity contribution >= 4 is 21.6 Å². The summed E-state index contributed by atoms with van der Waals surface area (Å²) in [6.07, 6.45) is 9.31. The molecule has 0 saturated heterocycles. The lowest BCUT2D eigenvalue weighted by Crippen LogP contribution is -2.26. The van der Waals surface area contributed by atoms with Gasteiger partial charge in [0.05, 0.1) is 17.9 Å². The molecule has 0 aromatic carbocycles. The highest BCUT2D eigenvalue weighted by atomic mass is 79.9. The van der Waals surface area contributed by atoms with E-state index >= 15 is 0 Å². The Morgan fingerprint density at radius 3 is 3.06 bits per heavy atom. The van der Waals surface area contributed by atoms with Crippen molar-refractivity contribution in [3.63, 3.8) is 0 Å². The second-order valence-electron chi connectivity index (χ2n) is 4.34. The molecule has 1 aromatic rings. The number of hydrogen-bond donors (Lipinski definition) is 1. The Labute approximate surface area is 109 Å². The van der Waals surface area contributed by atoms with Crippen LogP contribution in [0.3, 0.4) is 0 Å². The molecule has 0 amide bonds. The number of halogens is 1. The molecule has 1 heterocycles. The van der Waals surface area contributed by atoms with Gasteiger partial charge in [-0.3, -0.25) is 4.79 Å². The first-order chi connectivity index (χ1) is 8.11. The molecular weight excluding hydrogens is 282 g/mol. The van der Waals surface area contributed by atoms with Crippen molar-refractivity contribution in [3.8, 4) is 12.3 Å². The summed E-state index contributed by atoms with van der Waals surface area (Å²) in [6.45, 7) is 2.56. The van der Waals surface area contributed by atoms with E-state index in [4.69, 9.17) is 6.42 Å². The fraction of sp³-hybridized carbons (Fsp3) is 0.500. The second-order valence-corrected chi connectivity index (χ2v) is 5.13. The Hall–Kier alpha value is -1.28. The summed E-state index contributed by atoms with van der Waals surface area (Å²) in [5.41, 5.74) is 0.540. The van der Waals surface area contributed by atoms with Gasteiger partial charge in [-0.15, -0.1) is 6.42 Å². The molecule has 0 aliphatic heterocycles. The number of anilines is 1. The molecule has 0 bridgehead atoms. The van der Waals surface area contributed by atoms with Gasteiger partial charge in [0.1, 0.15) is 4.47 Å². The first-order valence-corrected chi connectivity index (χ1v) is 6.39. The van der Waals surface area contributed by atoms with Gasteiger partial charge in [0.2, 0.25) is 0 Å². The summed E-state index contributed by atoms with van der Waals surface area (Å²) in [5, 5.41) is 7.19. The Balaban J connectivity index is 2.22. The summed E-state index contributed by atoms with van der Waals surface area (Å²) in [6, 6.07) is -0.133. The predicted octanol–water partition coefficient (Wildman–Crippen LogP) is 1.85. The average molecular weight is 296 g/mol. The third-order valence-electron chi connectivity index (χ3n) is 2.73. The van der Waals surface area contributed by atoms with E-state index in [2.05, 4.69) is 32.3 Å². The summed E-state index contributed by atoms with van der Waals surface area (Å²) >= 11 is 3.29. The fourth-order valence-electron chi connectivity index (χ4n) is 1.52. The molecule has 0 radical (unpaired) electrons. The minimum absolute atomic E-state index is 0.105. The number of nitrogens with one attached hydrogen (secondary N) is 1. The predicted molar refractivity (Wildman–Crippen MR) is 70.8 cm³/mol. The number of terminal acetylenes is 1. The minimum atomic E-state index is -0.133. The van der Waals surface area contributed by atoms with Gasteiger partial charge in [-0.25, -0.2) is 4.68 Å². The Bertz CT molecular complexity index is 513. The number of hydrogen-bond acceptors (Lipinski definition) is 3. The number of nitrogens with zero attached hydrogens (tertiary/aromatic N) is 2. The van der Waals surface area contributed by atoms with Crippen LogP contribution in [0, 0.1) is 18.3 Å². The van der Waals surface area contributed by atoms with Crippen molar-refractivity contribution in [1.82, 2.24) is 9.78 Å². The van der Waals surface area contributed by atoms with Gasteiger partial charge < -0.3 is 5.32 Å². The largest absolute Gasteiger partial charge is 0.369 e. The molecule has 1 aliphatic carbocycles. The Kier molecular flexibility index (Phi) is 3.53. The molecule has 1 aliphatic rings. The molecular formula is C12H14BrN3O. The number of aromatic nitrogens is 2. The molecule has 1 atom stereocenters. The topological polar surface area (TPSA) is 46.9 Å². The van der Waals surface area contributed by atoms with E-state index in [0.29, 0.717) is 22.6 Å². The highest BCUT2D eigenvalue weighted by Gasteiger charge is 2.23. The van der Waals surface area contributed by atoms with Gasteiger partial charge in [-0.2, -0.15) is 5.10 Å². The van der Waals surface area contributed by atoms with Crippen LogP contribution in [-0.4, -0.2) is 15.8 Å². The molecule has 1 N–H and O–H groups in total. The molecule has 17 heavy (non-hydrogen) atoms. The van der Waals surface area contributed by atoms with Gasteiger partial charge in [0, 0.05) is 6.54 Å². The smallest absolute Gasteiger partial charge is 0.283 e. The third-order valence-corrected chi connectivity index (χ3v) is 3.50. The average Bonchev–Trinajstić information content (AvgIpc) is 3.12. The van der Waals surface area contributed by atoms with E-state index < -0.39 is 0 Å². The molecule has 1 aromatic heterocycles. The summed E-state index contributed by atoms with van der Waals surface area (Å²) in [4.78, 5) is 12.0. The van der Waals surface area contributed by atoms with Crippen LogP contribution in [0.5, 0.6) is 0 Å². The first-order valence-electron chi connectivity index (χ1n) is 5.60. The molecule has 5 heteroatoms. The first kappa shape index (κ1) is 12.2. The van der Waals surface area contributed by atoms with E-state index in [1.807, 2.05) is 6.92 Å². The van der Waals surface area contributed by atoms with Gasteiger partial charge in [-0.1, -0.05) is 5.92 Å². The Morgan fingerprint density at radius 1 is 1.76 bits per heavy atom. The lowest BCUT2D eigenvalue weighted by atomic mass is 10.3. The van der Waals surface area contributed by atoms with Crippen molar-refractivity contribution in [2.45, 2.75) is 32.4 Å². The summed E-state index contributed by atoms with van der Waals surface area (Å²) in [5.74, 6) is 3.17.